The molecule has 0 radical (unpaired) electrons. The first kappa shape index (κ1) is 18.3. The van der Waals surface area contributed by atoms with Crippen LogP contribution in [0.3, 0.4) is 0 Å². The molecule has 4 heteroatoms. The van der Waals surface area contributed by atoms with Gasteiger partial charge in [0.15, 0.2) is 5.78 Å². The third kappa shape index (κ3) is 4.37. The molecular formula is C22H25NO3. The van der Waals surface area contributed by atoms with E-state index in [9.17, 15) is 14.9 Å². The molecule has 1 saturated carbocycles. The van der Waals surface area contributed by atoms with Crippen LogP contribution in [0, 0.1) is 16.0 Å². The standard InChI is InChI=1S/C22H25NO3/c1-2-16-3-7-18(8-4-16)19-9-11-20(12-10-19)22(24)15-17-5-13-21(14-6-17)23(25)26/h5-6,9-14,16,18H,2-4,7-8,15H2,1H3/t16-,18-. The molecule has 0 unspecified atom stereocenters. The number of carbonyl (C=O) groups excluding carboxylic acids is 1. The van der Waals surface area contributed by atoms with E-state index in [0.717, 1.165) is 11.5 Å². The van der Waals surface area contributed by atoms with Crippen LogP contribution in [0.2, 0.25) is 0 Å². The van der Waals surface area contributed by atoms with Crippen LogP contribution in [0.25, 0.3) is 0 Å². The van der Waals surface area contributed by atoms with E-state index in [4.69, 9.17) is 0 Å². The summed E-state index contributed by atoms with van der Waals surface area (Å²) in [4.78, 5) is 22.7. The summed E-state index contributed by atoms with van der Waals surface area (Å²) < 4.78 is 0. The molecule has 1 aliphatic carbocycles. The Labute approximate surface area is 154 Å². The SMILES string of the molecule is CC[C@H]1CC[C@H](c2ccc(C(=O)Cc3ccc([N+](=O)[O-])cc3)cc2)CC1. The second-order valence-electron chi connectivity index (χ2n) is 7.27. The van der Waals surface area contributed by atoms with Crippen LogP contribution >= 0.6 is 0 Å². The maximum Gasteiger partial charge on any atom is 0.269 e. The van der Waals surface area contributed by atoms with Gasteiger partial charge in [-0.25, -0.2) is 0 Å². The number of ketones is 1. The average molecular weight is 351 g/mol. The van der Waals surface area contributed by atoms with Gasteiger partial charge in [-0.3, -0.25) is 14.9 Å². The number of nitro benzene ring substituents is 1. The number of nitrogens with zero attached hydrogens (tertiary/aromatic N) is 1. The lowest BCUT2D eigenvalue weighted by molar-refractivity contribution is -0.384. The second-order valence-corrected chi connectivity index (χ2v) is 7.27. The van der Waals surface area contributed by atoms with Gasteiger partial charge in [0.25, 0.3) is 5.69 Å². The Kier molecular flexibility index (Phi) is 5.82. The van der Waals surface area contributed by atoms with Gasteiger partial charge in [-0.1, -0.05) is 49.7 Å². The van der Waals surface area contributed by atoms with E-state index in [0.29, 0.717) is 11.5 Å². The predicted molar refractivity (Wildman–Crippen MR) is 103 cm³/mol. The maximum absolute atomic E-state index is 12.5. The van der Waals surface area contributed by atoms with Gasteiger partial charge in [0.2, 0.25) is 0 Å². The number of rotatable bonds is 6. The van der Waals surface area contributed by atoms with Crippen LogP contribution < -0.4 is 0 Å². The molecule has 1 aliphatic rings. The minimum absolute atomic E-state index is 0.0418. The largest absolute Gasteiger partial charge is 0.294 e. The fraction of sp³-hybridized carbons (Fsp3) is 0.409. The summed E-state index contributed by atoms with van der Waals surface area (Å²) in [5.41, 5.74) is 2.88. The second kappa shape index (κ2) is 8.26. The lowest BCUT2D eigenvalue weighted by Crippen LogP contribution is -2.12. The Balaban J connectivity index is 1.61. The third-order valence-electron chi connectivity index (χ3n) is 5.64. The van der Waals surface area contributed by atoms with Crippen LogP contribution in [0.1, 0.15) is 66.4 Å². The summed E-state index contributed by atoms with van der Waals surface area (Å²) in [7, 11) is 0. The van der Waals surface area contributed by atoms with Crippen molar-refractivity contribution in [1.82, 2.24) is 0 Å². The van der Waals surface area contributed by atoms with Crippen molar-refractivity contribution in [3.05, 3.63) is 75.3 Å². The van der Waals surface area contributed by atoms with Crippen molar-refractivity contribution in [1.29, 1.82) is 0 Å². The molecule has 136 valence electrons. The van der Waals surface area contributed by atoms with E-state index < -0.39 is 4.92 Å². The number of Topliss-reactive ketones (excluding diaryl/α,β-unsaturated/α-hetero) is 1. The normalized spacial score (nSPS) is 19.9. The van der Waals surface area contributed by atoms with Gasteiger partial charge in [-0.15, -0.1) is 0 Å². The van der Waals surface area contributed by atoms with Crippen LogP contribution in [0.5, 0.6) is 0 Å². The average Bonchev–Trinajstić information content (AvgIpc) is 2.68. The maximum atomic E-state index is 12.5. The molecule has 0 saturated heterocycles. The zero-order valence-corrected chi connectivity index (χ0v) is 15.2. The van der Waals surface area contributed by atoms with Gasteiger partial charge in [-0.05, 0) is 48.6 Å². The summed E-state index contributed by atoms with van der Waals surface area (Å²) in [6.07, 6.45) is 6.65. The Hall–Kier alpha value is -2.49. The molecule has 2 aromatic rings. The van der Waals surface area contributed by atoms with E-state index in [1.165, 1.54) is 49.8 Å². The van der Waals surface area contributed by atoms with Gasteiger partial charge < -0.3 is 0 Å². The highest BCUT2D eigenvalue weighted by atomic mass is 16.6. The minimum Gasteiger partial charge on any atom is -0.294 e. The van der Waals surface area contributed by atoms with Gasteiger partial charge in [0.1, 0.15) is 0 Å². The van der Waals surface area contributed by atoms with Crippen molar-refractivity contribution in [2.45, 2.75) is 51.4 Å². The predicted octanol–water partition coefficient (Wildman–Crippen LogP) is 5.70. The fourth-order valence-electron chi connectivity index (χ4n) is 3.87. The van der Waals surface area contributed by atoms with Crippen molar-refractivity contribution >= 4 is 11.5 Å². The van der Waals surface area contributed by atoms with Crippen LogP contribution in [-0.2, 0) is 6.42 Å². The Morgan fingerprint density at radius 3 is 2.15 bits per heavy atom. The summed E-state index contributed by atoms with van der Waals surface area (Å²) >= 11 is 0. The molecule has 0 aliphatic heterocycles. The molecular weight excluding hydrogens is 326 g/mol. The summed E-state index contributed by atoms with van der Waals surface area (Å²) in [6.45, 7) is 2.27. The van der Waals surface area contributed by atoms with Crippen molar-refractivity contribution in [2.24, 2.45) is 5.92 Å². The molecule has 0 bridgehead atoms. The molecule has 0 heterocycles. The summed E-state index contributed by atoms with van der Waals surface area (Å²) in [5.74, 6) is 1.55. The number of hydrogen-bond donors (Lipinski definition) is 0. The molecule has 4 nitrogen and oxygen atoms in total. The lowest BCUT2D eigenvalue weighted by atomic mass is 9.78. The van der Waals surface area contributed by atoms with Gasteiger partial charge >= 0.3 is 0 Å². The zero-order valence-electron chi connectivity index (χ0n) is 15.2. The number of carbonyl (C=O) groups is 1. The van der Waals surface area contributed by atoms with Crippen LogP contribution in [0.4, 0.5) is 5.69 Å². The highest BCUT2D eigenvalue weighted by Gasteiger charge is 2.21. The Morgan fingerprint density at radius 1 is 1.00 bits per heavy atom. The van der Waals surface area contributed by atoms with Gasteiger partial charge in [0.05, 0.1) is 4.92 Å². The molecule has 3 rings (SSSR count). The highest BCUT2D eigenvalue weighted by Crippen LogP contribution is 2.36. The van der Waals surface area contributed by atoms with Crippen molar-refractivity contribution < 1.29 is 9.72 Å². The molecule has 0 atom stereocenters. The topological polar surface area (TPSA) is 60.2 Å². The molecule has 0 aromatic heterocycles. The number of non-ortho nitro benzene ring substituents is 1. The summed E-state index contributed by atoms with van der Waals surface area (Å²) in [6, 6.07) is 14.2. The van der Waals surface area contributed by atoms with Gasteiger partial charge in [0, 0.05) is 24.1 Å². The molecule has 26 heavy (non-hydrogen) atoms. The Morgan fingerprint density at radius 2 is 1.62 bits per heavy atom. The molecule has 0 N–H and O–H groups in total. The van der Waals surface area contributed by atoms with Crippen LogP contribution in [0.15, 0.2) is 48.5 Å². The van der Waals surface area contributed by atoms with E-state index >= 15 is 0 Å². The van der Waals surface area contributed by atoms with Gasteiger partial charge in [-0.2, -0.15) is 0 Å². The number of hydrogen-bond acceptors (Lipinski definition) is 3. The molecule has 2 aromatic carbocycles. The first-order valence-corrected chi connectivity index (χ1v) is 9.43. The number of nitro groups is 1. The fourth-order valence-corrected chi connectivity index (χ4v) is 3.87. The van der Waals surface area contributed by atoms with Crippen molar-refractivity contribution in [3.8, 4) is 0 Å². The monoisotopic (exact) mass is 351 g/mol. The van der Waals surface area contributed by atoms with E-state index in [2.05, 4.69) is 19.1 Å². The first-order chi connectivity index (χ1) is 12.6. The smallest absolute Gasteiger partial charge is 0.269 e. The van der Waals surface area contributed by atoms with E-state index in [1.54, 1.807) is 12.1 Å². The molecule has 0 spiro atoms. The molecule has 1 fully saturated rings. The van der Waals surface area contributed by atoms with Crippen LogP contribution in [-0.4, -0.2) is 10.7 Å². The zero-order chi connectivity index (χ0) is 18.5. The quantitative estimate of drug-likeness (QED) is 0.381. The summed E-state index contributed by atoms with van der Waals surface area (Å²) in [5, 5.41) is 10.7. The lowest BCUT2D eigenvalue weighted by Gasteiger charge is -2.28. The highest BCUT2D eigenvalue weighted by molar-refractivity contribution is 5.97. The van der Waals surface area contributed by atoms with Crippen molar-refractivity contribution in [2.75, 3.05) is 0 Å². The number of benzene rings is 2. The first-order valence-electron chi connectivity index (χ1n) is 9.43. The van der Waals surface area contributed by atoms with E-state index in [1.807, 2.05) is 12.1 Å². The third-order valence-corrected chi connectivity index (χ3v) is 5.64. The van der Waals surface area contributed by atoms with E-state index in [-0.39, 0.29) is 17.9 Å². The Bertz CT molecular complexity index is 757. The minimum atomic E-state index is -0.432. The molecule has 0 amide bonds. The van der Waals surface area contributed by atoms with Crippen molar-refractivity contribution in [3.63, 3.8) is 0 Å².